The highest BCUT2D eigenvalue weighted by Crippen LogP contribution is 2.13. The Morgan fingerprint density at radius 3 is 2.62 bits per heavy atom. The van der Waals surface area contributed by atoms with Crippen LogP contribution in [0.15, 0.2) is 28.7 Å². The van der Waals surface area contributed by atoms with Crippen LogP contribution in [0.5, 0.6) is 0 Å². The van der Waals surface area contributed by atoms with Crippen LogP contribution in [-0.2, 0) is 6.42 Å². The second-order valence-electron chi connectivity index (χ2n) is 3.14. The first-order valence-electron chi connectivity index (χ1n) is 4.20. The monoisotopic (exact) mass is 244 g/mol. The molecule has 2 N–H and O–H groups in total. The van der Waals surface area contributed by atoms with Gasteiger partial charge in [0.2, 0.25) is 0 Å². The largest absolute Gasteiger partial charge is 0.391 e. The Hall–Kier alpha value is -0.380. The number of halogens is 1. The Labute approximate surface area is 86.3 Å². The molecule has 0 aliphatic heterocycles. The first-order chi connectivity index (χ1) is 6.09. The summed E-state index contributed by atoms with van der Waals surface area (Å²) in [6.45, 7) is 1.59. The molecule has 1 rings (SSSR count). The molecule has 2 atom stereocenters. The predicted octanol–water partition coefficient (Wildman–Crippen LogP) is 1.73. The predicted molar refractivity (Wildman–Crippen MR) is 55.5 cm³/mol. The summed E-state index contributed by atoms with van der Waals surface area (Å²) in [6.07, 6.45) is -0.884. The minimum Gasteiger partial charge on any atom is -0.391 e. The van der Waals surface area contributed by atoms with Crippen molar-refractivity contribution in [2.75, 3.05) is 0 Å². The number of hydrogen-bond donors (Lipinski definition) is 2. The van der Waals surface area contributed by atoms with E-state index in [1.54, 1.807) is 6.92 Å². The van der Waals surface area contributed by atoms with Crippen molar-refractivity contribution in [1.29, 1.82) is 0 Å². The SMILES string of the molecule is CC(O)C(O)Cc1cccc(Br)c1. The second-order valence-corrected chi connectivity index (χ2v) is 4.06. The summed E-state index contributed by atoms with van der Waals surface area (Å²) in [5.74, 6) is 0. The molecule has 0 amide bonds. The normalized spacial score (nSPS) is 15.4. The molecule has 3 heteroatoms. The van der Waals surface area contributed by atoms with E-state index in [1.807, 2.05) is 24.3 Å². The summed E-state index contributed by atoms with van der Waals surface area (Å²) >= 11 is 3.34. The molecule has 0 radical (unpaired) electrons. The van der Waals surface area contributed by atoms with E-state index >= 15 is 0 Å². The maximum Gasteiger partial charge on any atom is 0.0836 e. The van der Waals surface area contributed by atoms with E-state index in [0.717, 1.165) is 10.0 Å². The van der Waals surface area contributed by atoms with E-state index in [0.29, 0.717) is 6.42 Å². The molecule has 13 heavy (non-hydrogen) atoms. The van der Waals surface area contributed by atoms with E-state index in [4.69, 9.17) is 5.11 Å². The lowest BCUT2D eigenvalue weighted by molar-refractivity contribution is 0.0319. The number of benzene rings is 1. The maximum absolute atomic E-state index is 9.41. The smallest absolute Gasteiger partial charge is 0.0836 e. The van der Waals surface area contributed by atoms with Crippen LogP contribution in [-0.4, -0.2) is 22.4 Å². The van der Waals surface area contributed by atoms with Gasteiger partial charge in [0.1, 0.15) is 0 Å². The summed E-state index contributed by atoms with van der Waals surface area (Å²) < 4.78 is 0.989. The van der Waals surface area contributed by atoms with Crippen LogP contribution < -0.4 is 0 Å². The van der Waals surface area contributed by atoms with Gasteiger partial charge in [0.25, 0.3) is 0 Å². The maximum atomic E-state index is 9.41. The van der Waals surface area contributed by atoms with Crippen molar-refractivity contribution in [3.8, 4) is 0 Å². The summed E-state index contributed by atoms with van der Waals surface area (Å²) in [7, 11) is 0. The van der Waals surface area contributed by atoms with E-state index < -0.39 is 12.2 Å². The molecule has 0 saturated heterocycles. The third-order valence-electron chi connectivity index (χ3n) is 1.89. The number of aliphatic hydroxyl groups is 2. The highest BCUT2D eigenvalue weighted by molar-refractivity contribution is 9.10. The number of rotatable bonds is 3. The van der Waals surface area contributed by atoms with Crippen molar-refractivity contribution >= 4 is 15.9 Å². The number of aliphatic hydroxyl groups excluding tert-OH is 2. The fourth-order valence-electron chi connectivity index (χ4n) is 1.08. The van der Waals surface area contributed by atoms with Crippen LogP contribution in [0.25, 0.3) is 0 Å². The van der Waals surface area contributed by atoms with Gasteiger partial charge in [-0.2, -0.15) is 0 Å². The van der Waals surface area contributed by atoms with Crippen LogP contribution in [0.4, 0.5) is 0 Å². The van der Waals surface area contributed by atoms with Crippen LogP contribution in [0.2, 0.25) is 0 Å². The molecular formula is C10H13BrO2. The number of hydrogen-bond acceptors (Lipinski definition) is 2. The molecule has 0 spiro atoms. The third-order valence-corrected chi connectivity index (χ3v) is 2.38. The molecule has 0 aliphatic rings. The van der Waals surface area contributed by atoms with Crippen molar-refractivity contribution in [1.82, 2.24) is 0 Å². The molecule has 0 bridgehead atoms. The zero-order valence-corrected chi connectivity index (χ0v) is 9.03. The fourth-order valence-corrected chi connectivity index (χ4v) is 1.52. The van der Waals surface area contributed by atoms with E-state index in [2.05, 4.69) is 15.9 Å². The Kier molecular flexibility index (Phi) is 3.90. The average molecular weight is 245 g/mol. The van der Waals surface area contributed by atoms with Gasteiger partial charge in [0.15, 0.2) is 0 Å². The Morgan fingerprint density at radius 1 is 1.38 bits per heavy atom. The summed E-state index contributed by atoms with van der Waals surface area (Å²) in [6, 6.07) is 7.70. The molecule has 2 unspecified atom stereocenters. The topological polar surface area (TPSA) is 40.5 Å². The van der Waals surface area contributed by atoms with Crippen molar-refractivity contribution in [3.63, 3.8) is 0 Å². The van der Waals surface area contributed by atoms with Crippen LogP contribution in [0, 0.1) is 0 Å². The molecule has 2 nitrogen and oxygen atoms in total. The van der Waals surface area contributed by atoms with E-state index in [9.17, 15) is 5.11 Å². The molecule has 0 heterocycles. The minimum absolute atomic E-state index is 0.483. The molecule has 0 aliphatic carbocycles. The van der Waals surface area contributed by atoms with Crippen LogP contribution in [0.3, 0.4) is 0 Å². The zero-order chi connectivity index (χ0) is 9.84. The molecule has 72 valence electrons. The lowest BCUT2D eigenvalue weighted by atomic mass is 10.1. The zero-order valence-electron chi connectivity index (χ0n) is 7.44. The lowest BCUT2D eigenvalue weighted by Crippen LogP contribution is -2.24. The first-order valence-corrected chi connectivity index (χ1v) is 4.99. The van der Waals surface area contributed by atoms with Crippen LogP contribution in [0.1, 0.15) is 12.5 Å². The van der Waals surface area contributed by atoms with Crippen molar-refractivity contribution in [3.05, 3.63) is 34.3 Å². The minimum atomic E-state index is -0.686. The molecule has 0 fully saturated rings. The Morgan fingerprint density at radius 2 is 2.08 bits per heavy atom. The van der Waals surface area contributed by atoms with Gasteiger partial charge in [-0.25, -0.2) is 0 Å². The van der Waals surface area contributed by atoms with Crippen molar-refractivity contribution in [2.24, 2.45) is 0 Å². The highest BCUT2D eigenvalue weighted by Gasteiger charge is 2.11. The molecule has 1 aromatic rings. The van der Waals surface area contributed by atoms with Gasteiger partial charge in [-0.15, -0.1) is 0 Å². The van der Waals surface area contributed by atoms with Gasteiger partial charge < -0.3 is 10.2 Å². The lowest BCUT2D eigenvalue weighted by Gasteiger charge is -2.13. The van der Waals surface area contributed by atoms with Crippen molar-refractivity contribution < 1.29 is 10.2 Å². The summed E-state index contributed by atoms with van der Waals surface area (Å²) in [5, 5.41) is 18.5. The Balaban J connectivity index is 2.64. The van der Waals surface area contributed by atoms with Crippen LogP contribution >= 0.6 is 15.9 Å². The van der Waals surface area contributed by atoms with E-state index in [1.165, 1.54) is 0 Å². The standard InChI is InChI=1S/C10H13BrO2/c1-7(12)10(13)6-8-3-2-4-9(11)5-8/h2-5,7,10,12-13H,6H2,1H3. The summed E-state index contributed by atoms with van der Waals surface area (Å²) in [4.78, 5) is 0. The van der Waals surface area contributed by atoms with Gasteiger partial charge in [0, 0.05) is 10.9 Å². The second kappa shape index (κ2) is 4.74. The molecule has 0 saturated carbocycles. The van der Waals surface area contributed by atoms with Gasteiger partial charge in [-0.3, -0.25) is 0 Å². The molecule has 1 aromatic carbocycles. The quantitative estimate of drug-likeness (QED) is 0.851. The van der Waals surface area contributed by atoms with Gasteiger partial charge in [0.05, 0.1) is 12.2 Å². The fraction of sp³-hybridized carbons (Fsp3) is 0.400. The Bertz CT molecular complexity index is 273. The molecule has 0 aromatic heterocycles. The van der Waals surface area contributed by atoms with Gasteiger partial charge >= 0.3 is 0 Å². The highest BCUT2D eigenvalue weighted by atomic mass is 79.9. The summed E-state index contributed by atoms with van der Waals surface area (Å²) in [5.41, 5.74) is 1.02. The van der Waals surface area contributed by atoms with Crippen molar-refractivity contribution in [2.45, 2.75) is 25.6 Å². The van der Waals surface area contributed by atoms with Gasteiger partial charge in [-0.05, 0) is 24.6 Å². The van der Waals surface area contributed by atoms with E-state index in [-0.39, 0.29) is 0 Å². The first kappa shape index (κ1) is 10.7. The molecular weight excluding hydrogens is 232 g/mol. The van der Waals surface area contributed by atoms with Gasteiger partial charge in [-0.1, -0.05) is 28.1 Å². The third kappa shape index (κ3) is 3.46. The average Bonchev–Trinajstić information content (AvgIpc) is 2.04.